The van der Waals surface area contributed by atoms with E-state index in [4.69, 9.17) is 9.47 Å². The third kappa shape index (κ3) is 7.32. The van der Waals surface area contributed by atoms with Gasteiger partial charge in [0.25, 0.3) is 5.91 Å². The molecule has 0 aliphatic carbocycles. The van der Waals surface area contributed by atoms with Crippen molar-refractivity contribution in [2.24, 2.45) is 5.10 Å². The van der Waals surface area contributed by atoms with Gasteiger partial charge in [-0.25, -0.2) is 5.43 Å². The summed E-state index contributed by atoms with van der Waals surface area (Å²) >= 11 is 3.60. The van der Waals surface area contributed by atoms with Crippen molar-refractivity contribution >= 4 is 38.8 Å². The number of carbonyl (C=O) groups is 1. The van der Waals surface area contributed by atoms with Crippen LogP contribution in [0.4, 0.5) is 0 Å². The van der Waals surface area contributed by atoms with E-state index >= 15 is 0 Å². The molecule has 0 spiro atoms. The van der Waals surface area contributed by atoms with Crippen LogP contribution in [0.1, 0.15) is 68.3 Å². The van der Waals surface area contributed by atoms with Gasteiger partial charge >= 0.3 is 0 Å². The first-order valence-electron chi connectivity index (χ1n) is 12.0. The number of nitrogens with zero attached hydrogens (tertiary/aromatic N) is 1. The first kappa shape index (κ1) is 25.8. The lowest BCUT2D eigenvalue weighted by Gasteiger charge is -2.14. The monoisotopic (exact) mass is 524 g/mol. The molecule has 0 atom stereocenters. The van der Waals surface area contributed by atoms with Crippen LogP contribution in [0, 0.1) is 0 Å². The van der Waals surface area contributed by atoms with E-state index in [0.29, 0.717) is 30.3 Å². The Morgan fingerprint density at radius 2 is 1.74 bits per heavy atom. The molecular weight excluding hydrogens is 492 g/mol. The molecule has 0 aliphatic rings. The largest absolute Gasteiger partial charge is 0.490 e. The molecule has 1 N–H and O–H groups in total. The molecule has 180 valence electrons. The number of carbonyl (C=O) groups excluding carboxylic acids is 1. The van der Waals surface area contributed by atoms with Gasteiger partial charge in [-0.1, -0.05) is 75.4 Å². The molecule has 0 radical (unpaired) electrons. The number of fused-ring (bicyclic) bond motifs is 1. The Balaban J connectivity index is 1.63. The van der Waals surface area contributed by atoms with Crippen molar-refractivity contribution < 1.29 is 14.3 Å². The lowest BCUT2D eigenvalue weighted by Crippen LogP contribution is -2.17. The van der Waals surface area contributed by atoms with E-state index in [2.05, 4.69) is 33.4 Å². The van der Waals surface area contributed by atoms with Gasteiger partial charge in [-0.2, -0.15) is 5.10 Å². The minimum Gasteiger partial charge on any atom is -0.490 e. The van der Waals surface area contributed by atoms with Crippen LogP contribution in [0.3, 0.4) is 0 Å². The minimum absolute atomic E-state index is 0.254. The van der Waals surface area contributed by atoms with Gasteiger partial charge in [-0.15, -0.1) is 0 Å². The van der Waals surface area contributed by atoms with Gasteiger partial charge in [-0.3, -0.25) is 4.79 Å². The summed E-state index contributed by atoms with van der Waals surface area (Å²) in [5.41, 5.74) is 4.01. The highest BCUT2D eigenvalue weighted by atomic mass is 79.9. The zero-order chi connectivity index (χ0) is 24.2. The standard InChI is InChI=1S/C28H33BrN2O3/c1-3-5-6-7-8-11-17-34-27-25(29)18-21(19-26(27)33-4-2)20-30-31-28(32)24-16-12-14-22-13-9-10-15-23(22)24/h9-10,12-16,18-20H,3-8,11,17H2,1-2H3,(H,31,32)/b30-20+. The number of amides is 1. The number of benzene rings is 3. The van der Waals surface area contributed by atoms with Gasteiger partial charge in [0.1, 0.15) is 0 Å². The van der Waals surface area contributed by atoms with E-state index in [1.54, 1.807) is 12.3 Å². The van der Waals surface area contributed by atoms with Gasteiger partial charge in [0, 0.05) is 5.56 Å². The number of hydrogen-bond donors (Lipinski definition) is 1. The second-order valence-electron chi connectivity index (χ2n) is 8.11. The Bertz CT molecular complexity index is 1110. The van der Waals surface area contributed by atoms with Crippen molar-refractivity contribution in [1.82, 2.24) is 5.43 Å². The van der Waals surface area contributed by atoms with Gasteiger partial charge in [0.05, 0.1) is 23.9 Å². The average Bonchev–Trinajstić information content (AvgIpc) is 2.84. The normalized spacial score (nSPS) is 11.1. The second-order valence-corrected chi connectivity index (χ2v) is 8.96. The molecule has 0 heterocycles. The highest BCUT2D eigenvalue weighted by Gasteiger charge is 2.12. The fourth-order valence-electron chi connectivity index (χ4n) is 3.77. The van der Waals surface area contributed by atoms with Crippen LogP contribution in [-0.4, -0.2) is 25.3 Å². The maximum Gasteiger partial charge on any atom is 0.271 e. The molecule has 0 aromatic heterocycles. The van der Waals surface area contributed by atoms with Gasteiger partial charge in [-0.05, 0) is 63.8 Å². The predicted molar refractivity (Wildman–Crippen MR) is 143 cm³/mol. The number of ether oxygens (including phenoxy) is 2. The highest BCUT2D eigenvalue weighted by molar-refractivity contribution is 9.10. The maximum absolute atomic E-state index is 12.7. The minimum atomic E-state index is -0.254. The van der Waals surface area contributed by atoms with Crippen molar-refractivity contribution in [3.63, 3.8) is 0 Å². The number of rotatable bonds is 13. The Morgan fingerprint density at radius 1 is 0.971 bits per heavy atom. The zero-order valence-electron chi connectivity index (χ0n) is 20.0. The Morgan fingerprint density at radius 3 is 2.56 bits per heavy atom. The summed E-state index contributed by atoms with van der Waals surface area (Å²) in [6.45, 7) is 5.34. The van der Waals surface area contributed by atoms with Gasteiger partial charge < -0.3 is 9.47 Å². The Hall–Kier alpha value is -2.86. The summed E-state index contributed by atoms with van der Waals surface area (Å²) < 4.78 is 12.6. The number of halogens is 1. The number of nitrogens with one attached hydrogen (secondary N) is 1. The molecular formula is C28H33BrN2O3. The van der Waals surface area contributed by atoms with E-state index in [0.717, 1.165) is 27.2 Å². The Labute approximate surface area is 210 Å². The first-order valence-corrected chi connectivity index (χ1v) is 12.8. The summed E-state index contributed by atoms with van der Waals surface area (Å²) in [4.78, 5) is 12.7. The molecule has 0 unspecified atom stereocenters. The maximum atomic E-state index is 12.7. The van der Waals surface area contributed by atoms with Crippen molar-refractivity contribution in [3.05, 3.63) is 70.2 Å². The Kier molecular flexibility index (Phi) is 10.4. The van der Waals surface area contributed by atoms with Crippen molar-refractivity contribution in [3.8, 4) is 11.5 Å². The number of hydrazone groups is 1. The summed E-state index contributed by atoms with van der Waals surface area (Å²) in [5.74, 6) is 1.10. The zero-order valence-corrected chi connectivity index (χ0v) is 21.6. The molecule has 34 heavy (non-hydrogen) atoms. The molecule has 0 aliphatic heterocycles. The van der Waals surface area contributed by atoms with Crippen LogP contribution in [-0.2, 0) is 0 Å². The van der Waals surface area contributed by atoms with Gasteiger partial charge in [0.15, 0.2) is 11.5 Å². The molecule has 0 bridgehead atoms. The van der Waals surface area contributed by atoms with Crippen LogP contribution in [0.25, 0.3) is 10.8 Å². The molecule has 5 nitrogen and oxygen atoms in total. The topological polar surface area (TPSA) is 59.9 Å². The van der Waals surface area contributed by atoms with Gasteiger partial charge in [0.2, 0.25) is 0 Å². The molecule has 0 saturated carbocycles. The van der Waals surface area contributed by atoms with E-state index in [-0.39, 0.29) is 5.91 Å². The average molecular weight is 525 g/mol. The van der Waals surface area contributed by atoms with Crippen molar-refractivity contribution in [1.29, 1.82) is 0 Å². The van der Waals surface area contributed by atoms with Crippen LogP contribution < -0.4 is 14.9 Å². The fraction of sp³-hybridized carbons (Fsp3) is 0.357. The number of hydrogen-bond acceptors (Lipinski definition) is 4. The predicted octanol–water partition coefficient (Wildman–Crippen LogP) is 7.50. The molecule has 3 aromatic rings. The van der Waals surface area contributed by atoms with E-state index in [1.165, 1.54) is 32.1 Å². The summed E-state index contributed by atoms with van der Waals surface area (Å²) in [6, 6.07) is 17.2. The SMILES string of the molecule is CCCCCCCCOc1c(Br)cc(/C=N/NC(=O)c2cccc3ccccc23)cc1OCC. The summed E-state index contributed by atoms with van der Waals surface area (Å²) in [6.07, 6.45) is 8.88. The third-order valence-electron chi connectivity index (χ3n) is 5.49. The van der Waals surface area contributed by atoms with E-state index in [9.17, 15) is 4.79 Å². The smallest absolute Gasteiger partial charge is 0.271 e. The molecule has 1 amide bonds. The van der Waals surface area contributed by atoms with Crippen LogP contribution in [0.5, 0.6) is 11.5 Å². The van der Waals surface area contributed by atoms with Crippen LogP contribution in [0.2, 0.25) is 0 Å². The molecule has 0 fully saturated rings. The molecule has 6 heteroatoms. The van der Waals surface area contributed by atoms with Crippen LogP contribution >= 0.6 is 15.9 Å². The number of unbranched alkanes of at least 4 members (excludes halogenated alkanes) is 5. The lowest BCUT2D eigenvalue weighted by atomic mass is 10.0. The third-order valence-corrected chi connectivity index (χ3v) is 6.08. The molecule has 3 aromatic carbocycles. The van der Waals surface area contributed by atoms with E-state index < -0.39 is 0 Å². The van der Waals surface area contributed by atoms with E-state index in [1.807, 2.05) is 55.5 Å². The second kappa shape index (κ2) is 13.8. The lowest BCUT2D eigenvalue weighted by molar-refractivity contribution is 0.0957. The fourth-order valence-corrected chi connectivity index (χ4v) is 4.35. The highest BCUT2D eigenvalue weighted by Crippen LogP contribution is 2.36. The van der Waals surface area contributed by atoms with Crippen molar-refractivity contribution in [2.45, 2.75) is 52.4 Å². The quantitative estimate of drug-likeness (QED) is 0.143. The molecule has 0 saturated heterocycles. The first-order chi connectivity index (χ1) is 16.6. The summed E-state index contributed by atoms with van der Waals surface area (Å²) in [5, 5.41) is 6.08. The van der Waals surface area contributed by atoms with Crippen LogP contribution in [0.15, 0.2) is 64.2 Å². The molecule has 3 rings (SSSR count). The van der Waals surface area contributed by atoms with Crippen molar-refractivity contribution in [2.75, 3.05) is 13.2 Å². The summed E-state index contributed by atoms with van der Waals surface area (Å²) in [7, 11) is 0.